The molecule has 0 heterocycles. The van der Waals surface area contributed by atoms with Gasteiger partial charge in [-0.25, -0.2) is 0 Å². The molecular formula is C17H33NO. The van der Waals surface area contributed by atoms with E-state index in [-0.39, 0.29) is 0 Å². The molecule has 0 spiro atoms. The maximum Gasteiger partial charge on any atom is 0.0621 e. The van der Waals surface area contributed by atoms with E-state index in [0.29, 0.717) is 18.1 Å². The lowest BCUT2D eigenvalue weighted by atomic mass is 9.77. The van der Waals surface area contributed by atoms with Gasteiger partial charge in [-0.15, -0.1) is 0 Å². The van der Waals surface area contributed by atoms with E-state index < -0.39 is 0 Å². The molecule has 0 saturated heterocycles. The summed E-state index contributed by atoms with van der Waals surface area (Å²) in [6.45, 7) is 5.48. The number of hydrogen-bond donors (Lipinski definition) is 1. The third-order valence-corrected chi connectivity index (χ3v) is 5.37. The summed E-state index contributed by atoms with van der Waals surface area (Å²) in [5.74, 6) is 2.41. The third-order valence-electron chi connectivity index (χ3n) is 5.37. The number of rotatable bonds is 5. The Hall–Kier alpha value is -0.0800. The molecule has 2 saturated carbocycles. The summed E-state index contributed by atoms with van der Waals surface area (Å²) in [5, 5.41) is 0. The van der Waals surface area contributed by atoms with E-state index >= 15 is 0 Å². The maximum atomic E-state index is 6.48. The molecule has 2 aliphatic rings. The van der Waals surface area contributed by atoms with Crippen LogP contribution in [-0.2, 0) is 4.74 Å². The van der Waals surface area contributed by atoms with Crippen LogP contribution in [-0.4, -0.2) is 18.8 Å². The monoisotopic (exact) mass is 267 g/mol. The molecule has 0 radical (unpaired) electrons. The number of nitrogens with two attached hydrogens (primary N) is 1. The molecule has 0 bridgehead atoms. The van der Waals surface area contributed by atoms with E-state index in [1.165, 1.54) is 57.8 Å². The Morgan fingerprint density at radius 3 is 2.42 bits per heavy atom. The average molecular weight is 267 g/mol. The molecule has 2 fully saturated rings. The van der Waals surface area contributed by atoms with Gasteiger partial charge in [-0.1, -0.05) is 26.7 Å². The summed E-state index contributed by atoms with van der Waals surface area (Å²) in [7, 11) is 0. The second kappa shape index (κ2) is 7.64. The first kappa shape index (κ1) is 15.3. The zero-order valence-corrected chi connectivity index (χ0v) is 12.9. The normalized spacial score (nSPS) is 40.3. The second-order valence-electron chi connectivity index (χ2n) is 7.02. The quantitative estimate of drug-likeness (QED) is 0.813. The number of ether oxygens (including phenoxy) is 1. The molecule has 2 nitrogen and oxygen atoms in total. The van der Waals surface area contributed by atoms with E-state index in [1.54, 1.807) is 0 Å². The Kier molecular flexibility index (Phi) is 6.15. The molecule has 0 aromatic heterocycles. The van der Waals surface area contributed by atoms with Crippen LogP contribution in [0.25, 0.3) is 0 Å². The Labute approximate surface area is 119 Å². The van der Waals surface area contributed by atoms with Crippen LogP contribution in [0.2, 0.25) is 0 Å². The summed E-state index contributed by atoms with van der Waals surface area (Å²) >= 11 is 0. The summed E-state index contributed by atoms with van der Waals surface area (Å²) in [6.07, 6.45) is 12.8. The van der Waals surface area contributed by atoms with Gasteiger partial charge in [0.2, 0.25) is 0 Å². The minimum Gasteiger partial charge on any atom is -0.375 e. The summed E-state index contributed by atoms with van der Waals surface area (Å²) in [4.78, 5) is 0. The molecule has 2 rings (SSSR count). The largest absolute Gasteiger partial charge is 0.375 e. The van der Waals surface area contributed by atoms with Crippen LogP contribution >= 0.6 is 0 Å². The van der Waals surface area contributed by atoms with Gasteiger partial charge in [-0.3, -0.25) is 0 Å². The first-order chi connectivity index (χ1) is 9.22. The predicted molar refractivity (Wildman–Crippen MR) is 81.1 cm³/mol. The molecule has 112 valence electrons. The summed E-state index contributed by atoms with van der Waals surface area (Å²) in [6, 6.07) is 0. The molecule has 2 N–H and O–H groups in total. The van der Waals surface area contributed by atoms with Gasteiger partial charge in [0.05, 0.1) is 12.2 Å². The van der Waals surface area contributed by atoms with Crippen LogP contribution < -0.4 is 5.73 Å². The Morgan fingerprint density at radius 2 is 1.79 bits per heavy atom. The standard InChI is InChI=1S/C17H33NO/c1-3-4-14-7-8-15(12-18)17(11-14)19-16-9-5-13(2)6-10-16/h13-17H,3-12,18H2,1-2H3. The molecule has 2 heteroatoms. The molecule has 3 atom stereocenters. The van der Waals surface area contributed by atoms with Crippen molar-refractivity contribution in [3.63, 3.8) is 0 Å². The predicted octanol–water partition coefficient (Wildman–Crippen LogP) is 4.13. The fraction of sp³-hybridized carbons (Fsp3) is 1.00. The highest BCUT2D eigenvalue weighted by Gasteiger charge is 2.32. The van der Waals surface area contributed by atoms with Crippen LogP contribution in [0.1, 0.15) is 71.6 Å². The Balaban J connectivity index is 1.83. The molecule has 3 unspecified atom stereocenters. The molecule has 0 aromatic carbocycles. The van der Waals surface area contributed by atoms with Gasteiger partial charge in [0.15, 0.2) is 0 Å². The minimum atomic E-state index is 0.453. The van der Waals surface area contributed by atoms with Crippen molar-refractivity contribution >= 4 is 0 Å². The first-order valence-electron chi connectivity index (χ1n) is 8.58. The molecule has 19 heavy (non-hydrogen) atoms. The lowest BCUT2D eigenvalue weighted by molar-refractivity contribution is -0.0842. The summed E-state index contributed by atoms with van der Waals surface area (Å²) < 4.78 is 6.48. The van der Waals surface area contributed by atoms with Crippen molar-refractivity contribution in [3.8, 4) is 0 Å². The molecule has 0 aromatic rings. The van der Waals surface area contributed by atoms with Crippen molar-refractivity contribution in [2.24, 2.45) is 23.5 Å². The zero-order chi connectivity index (χ0) is 13.7. The Morgan fingerprint density at radius 1 is 1.05 bits per heavy atom. The highest BCUT2D eigenvalue weighted by Crippen LogP contribution is 2.36. The maximum absolute atomic E-state index is 6.48. The lowest BCUT2D eigenvalue weighted by Crippen LogP contribution is -2.39. The van der Waals surface area contributed by atoms with Crippen molar-refractivity contribution in [2.75, 3.05) is 6.54 Å². The molecule has 2 aliphatic carbocycles. The highest BCUT2D eigenvalue weighted by atomic mass is 16.5. The molecular weight excluding hydrogens is 234 g/mol. The average Bonchev–Trinajstić information content (AvgIpc) is 2.42. The number of hydrogen-bond acceptors (Lipinski definition) is 2. The SMILES string of the molecule is CCCC1CCC(CN)C(OC2CCC(C)CC2)C1. The van der Waals surface area contributed by atoms with Crippen LogP contribution in [0.4, 0.5) is 0 Å². The van der Waals surface area contributed by atoms with E-state index in [2.05, 4.69) is 13.8 Å². The van der Waals surface area contributed by atoms with Gasteiger partial charge in [0.25, 0.3) is 0 Å². The van der Waals surface area contributed by atoms with Gasteiger partial charge in [-0.05, 0) is 69.2 Å². The van der Waals surface area contributed by atoms with Gasteiger partial charge in [0.1, 0.15) is 0 Å². The minimum absolute atomic E-state index is 0.453. The van der Waals surface area contributed by atoms with Crippen molar-refractivity contribution in [3.05, 3.63) is 0 Å². The van der Waals surface area contributed by atoms with Crippen LogP contribution in [0.3, 0.4) is 0 Å². The van der Waals surface area contributed by atoms with Gasteiger partial charge >= 0.3 is 0 Å². The van der Waals surface area contributed by atoms with Gasteiger partial charge in [-0.2, -0.15) is 0 Å². The topological polar surface area (TPSA) is 35.2 Å². The molecule has 0 aliphatic heterocycles. The van der Waals surface area contributed by atoms with Crippen LogP contribution in [0, 0.1) is 17.8 Å². The van der Waals surface area contributed by atoms with Gasteiger partial charge < -0.3 is 10.5 Å². The van der Waals surface area contributed by atoms with E-state index in [0.717, 1.165) is 18.4 Å². The Bertz CT molecular complexity index is 248. The smallest absolute Gasteiger partial charge is 0.0621 e. The van der Waals surface area contributed by atoms with Crippen molar-refractivity contribution in [1.29, 1.82) is 0 Å². The molecule has 0 amide bonds. The fourth-order valence-corrected chi connectivity index (χ4v) is 3.99. The zero-order valence-electron chi connectivity index (χ0n) is 12.9. The van der Waals surface area contributed by atoms with E-state index in [4.69, 9.17) is 10.5 Å². The van der Waals surface area contributed by atoms with Crippen molar-refractivity contribution in [1.82, 2.24) is 0 Å². The van der Waals surface area contributed by atoms with E-state index in [9.17, 15) is 0 Å². The second-order valence-corrected chi connectivity index (χ2v) is 7.02. The van der Waals surface area contributed by atoms with Gasteiger partial charge in [0, 0.05) is 0 Å². The van der Waals surface area contributed by atoms with Crippen LogP contribution in [0.15, 0.2) is 0 Å². The highest BCUT2D eigenvalue weighted by molar-refractivity contribution is 4.83. The lowest BCUT2D eigenvalue weighted by Gasteiger charge is -2.39. The summed E-state index contributed by atoms with van der Waals surface area (Å²) in [5.41, 5.74) is 5.96. The van der Waals surface area contributed by atoms with Crippen molar-refractivity contribution < 1.29 is 4.74 Å². The van der Waals surface area contributed by atoms with Crippen molar-refractivity contribution in [2.45, 2.75) is 83.8 Å². The van der Waals surface area contributed by atoms with E-state index in [1.807, 2.05) is 0 Å². The fourth-order valence-electron chi connectivity index (χ4n) is 3.99. The first-order valence-corrected chi connectivity index (χ1v) is 8.58. The van der Waals surface area contributed by atoms with Crippen LogP contribution in [0.5, 0.6) is 0 Å². The third kappa shape index (κ3) is 4.46.